The van der Waals surface area contributed by atoms with Gasteiger partial charge in [-0.1, -0.05) is 202 Å². The van der Waals surface area contributed by atoms with Crippen LogP contribution in [0.3, 0.4) is 0 Å². The number of esters is 2. The van der Waals surface area contributed by atoms with Crippen LogP contribution in [0.15, 0.2) is 0 Å². The Balaban J connectivity index is 4.23. The number of carbonyl (C=O) groups is 2. The topological polar surface area (TPSA) is 55.8 Å². The number of carbonyl (C=O) groups excluding carboxylic acids is 2. The molecule has 0 heterocycles. The molecule has 5 heteroatoms. The molecule has 0 aromatic carbocycles. The molecule has 0 saturated carbocycles. The van der Waals surface area contributed by atoms with Gasteiger partial charge in [-0.05, 0) is 70.5 Å². The maximum Gasteiger partial charge on any atom is 0.308 e. The van der Waals surface area contributed by atoms with E-state index in [-0.39, 0.29) is 17.9 Å². The van der Waals surface area contributed by atoms with E-state index in [1.807, 2.05) is 6.92 Å². The van der Waals surface area contributed by atoms with Crippen LogP contribution in [0, 0.1) is 17.8 Å². The van der Waals surface area contributed by atoms with Crippen LogP contribution in [-0.4, -0.2) is 50.2 Å². The third-order valence-corrected chi connectivity index (χ3v) is 11.8. The van der Waals surface area contributed by atoms with Gasteiger partial charge in [0, 0.05) is 6.42 Å². The van der Waals surface area contributed by atoms with Crippen LogP contribution in [0.25, 0.3) is 0 Å². The van der Waals surface area contributed by atoms with Crippen molar-refractivity contribution < 1.29 is 19.1 Å². The minimum absolute atomic E-state index is 0.00396. The fourth-order valence-corrected chi connectivity index (χ4v) is 7.63. The second-order valence-corrected chi connectivity index (χ2v) is 17.0. The van der Waals surface area contributed by atoms with Crippen LogP contribution in [0.2, 0.25) is 0 Å². The van der Waals surface area contributed by atoms with Gasteiger partial charge in [0.1, 0.15) is 0 Å². The second kappa shape index (κ2) is 40.6. The van der Waals surface area contributed by atoms with E-state index in [1.165, 1.54) is 180 Å². The first-order chi connectivity index (χ1) is 25.9. The zero-order valence-electron chi connectivity index (χ0n) is 37.0. The Hall–Kier alpha value is -1.10. The summed E-state index contributed by atoms with van der Waals surface area (Å²) in [4.78, 5) is 27.4. The zero-order chi connectivity index (χ0) is 39.0. The van der Waals surface area contributed by atoms with Gasteiger partial charge in [-0.3, -0.25) is 9.59 Å². The Kier molecular flexibility index (Phi) is 39.7. The summed E-state index contributed by atoms with van der Waals surface area (Å²) in [6.07, 6.45) is 41.4. The van der Waals surface area contributed by atoms with E-state index in [2.05, 4.69) is 39.6 Å². The standard InChI is InChI=1S/C48H95NO4/c1-7-11-14-17-18-19-20-22-25-30-36-46(43-53-48(51)44(5)40-41-49(6)10-4)37-31-26-23-21-24-27-32-39-47(50)52-42-33-38-45(34-28-15-12-8-2)35-29-16-13-9-3/h44-46H,7-43H2,1-6H3. The van der Waals surface area contributed by atoms with Gasteiger partial charge in [0.2, 0.25) is 0 Å². The Bertz CT molecular complexity index is 761. The van der Waals surface area contributed by atoms with Crippen molar-refractivity contribution in [2.45, 2.75) is 247 Å². The summed E-state index contributed by atoms with van der Waals surface area (Å²) in [6, 6.07) is 0. The van der Waals surface area contributed by atoms with Gasteiger partial charge in [0.25, 0.3) is 0 Å². The molecule has 0 N–H and O–H groups in total. The Morgan fingerprint density at radius 3 is 1.34 bits per heavy atom. The molecule has 0 bridgehead atoms. The second-order valence-electron chi connectivity index (χ2n) is 17.0. The molecular formula is C48H95NO4. The normalized spacial score (nSPS) is 12.8. The molecule has 0 saturated heterocycles. The van der Waals surface area contributed by atoms with E-state index in [0.29, 0.717) is 25.6 Å². The van der Waals surface area contributed by atoms with Crippen LogP contribution in [0.5, 0.6) is 0 Å². The minimum Gasteiger partial charge on any atom is -0.466 e. The number of hydrogen-bond donors (Lipinski definition) is 0. The fraction of sp³-hybridized carbons (Fsp3) is 0.958. The van der Waals surface area contributed by atoms with Crippen LogP contribution in [0.1, 0.15) is 247 Å². The molecule has 0 aliphatic rings. The van der Waals surface area contributed by atoms with E-state index in [9.17, 15) is 9.59 Å². The van der Waals surface area contributed by atoms with Gasteiger partial charge in [-0.25, -0.2) is 0 Å². The number of nitrogens with zero attached hydrogens (tertiary/aromatic N) is 1. The Morgan fingerprint density at radius 1 is 0.472 bits per heavy atom. The number of ether oxygens (including phenoxy) is 2. The first-order valence-electron chi connectivity index (χ1n) is 23.9. The van der Waals surface area contributed by atoms with E-state index >= 15 is 0 Å². The molecule has 0 aliphatic carbocycles. The molecule has 316 valence electrons. The van der Waals surface area contributed by atoms with Crippen LogP contribution in [0.4, 0.5) is 0 Å². The first kappa shape index (κ1) is 51.9. The SMILES string of the molecule is CCCCCCCCCCCCC(CCCCCCCCCC(=O)OCCCC(CCCCCC)CCCCCC)COC(=O)C(C)CCN(C)CC. The van der Waals surface area contributed by atoms with Crippen molar-refractivity contribution >= 4 is 11.9 Å². The number of hydrogen-bond acceptors (Lipinski definition) is 5. The maximum atomic E-state index is 12.8. The third kappa shape index (κ3) is 36.3. The van der Waals surface area contributed by atoms with Crippen molar-refractivity contribution in [1.29, 1.82) is 0 Å². The molecule has 0 fully saturated rings. The highest BCUT2D eigenvalue weighted by Crippen LogP contribution is 2.24. The molecule has 0 radical (unpaired) electrons. The third-order valence-electron chi connectivity index (χ3n) is 11.8. The molecule has 0 aromatic heterocycles. The molecule has 5 nitrogen and oxygen atoms in total. The van der Waals surface area contributed by atoms with Crippen molar-refractivity contribution in [3.8, 4) is 0 Å². The highest BCUT2D eigenvalue weighted by atomic mass is 16.5. The molecule has 2 atom stereocenters. The van der Waals surface area contributed by atoms with Crippen LogP contribution in [-0.2, 0) is 19.1 Å². The predicted octanol–water partition coefficient (Wildman–Crippen LogP) is 14.8. The quantitative estimate of drug-likeness (QED) is 0.0459. The summed E-state index contributed by atoms with van der Waals surface area (Å²) >= 11 is 0. The smallest absolute Gasteiger partial charge is 0.308 e. The van der Waals surface area contributed by atoms with Gasteiger partial charge in [-0.2, -0.15) is 0 Å². The molecule has 2 unspecified atom stereocenters. The number of unbranched alkanes of at least 4 members (excludes halogenated alkanes) is 21. The lowest BCUT2D eigenvalue weighted by Crippen LogP contribution is -2.25. The summed E-state index contributed by atoms with van der Waals surface area (Å²) in [6.45, 7) is 14.2. The van der Waals surface area contributed by atoms with E-state index in [1.54, 1.807) is 0 Å². The van der Waals surface area contributed by atoms with Crippen molar-refractivity contribution in [2.24, 2.45) is 17.8 Å². The average Bonchev–Trinajstić information content (AvgIpc) is 3.16. The van der Waals surface area contributed by atoms with E-state index in [0.717, 1.165) is 44.7 Å². The summed E-state index contributed by atoms with van der Waals surface area (Å²) < 4.78 is 11.5. The monoisotopic (exact) mass is 750 g/mol. The molecule has 0 spiro atoms. The van der Waals surface area contributed by atoms with E-state index in [4.69, 9.17) is 9.47 Å². The molecular weight excluding hydrogens is 655 g/mol. The van der Waals surface area contributed by atoms with Crippen molar-refractivity contribution in [2.75, 3.05) is 33.4 Å². The zero-order valence-corrected chi connectivity index (χ0v) is 37.0. The summed E-state index contributed by atoms with van der Waals surface area (Å²) in [5, 5.41) is 0. The Morgan fingerprint density at radius 2 is 0.868 bits per heavy atom. The summed E-state index contributed by atoms with van der Waals surface area (Å²) in [5.41, 5.74) is 0. The maximum absolute atomic E-state index is 12.8. The number of rotatable bonds is 42. The molecule has 53 heavy (non-hydrogen) atoms. The largest absolute Gasteiger partial charge is 0.466 e. The minimum atomic E-state index is -0.0311. The lowest BCUT2D eigenvalue weighted by Gasteiger charge is -2.20. The van der Waals surface area contributed by atoms with Gasteiger partial charge in [0.05, 0.1) is 19.1 Å². The highest BCUT2D eigenvalue weighted by Gasteiger charge is 2.18. The van der Waals surface area contributed by atoms with Gasteiger partial charge >= 0.3 is 11.9 Å². The molecule has 0 rings (SSSR count). The first-order valence-corrected chi connectivity index (χ1v) is 23.9. The molecule has 0 aliphatic heterocycles. The molecule has 0 aromatic rings. The summed E-state index contributed by atoms with van der Waals surface area (Å²) in [7, 11) is 2.11. The molecule has 0 amide bonds. The van der Waals surface area contributed by atoms with Crippen LogP contribution < -0.4 is 0 Å². The van der Waals surface area contributed by atoms with E-state index < -0.39 is 0 Å². The van der Waals surface area contributed by atoms with Gasteiger partial charge in [0.15, 0.2) is 0 Å². The van der Waals surface area contributed by atoms with Crippen molar-refractivity contribution in [3.05, 3.63) is 0 Å². The van der Waals surface area contributed by atoms with Crippen molar-refractivity contribution in [1.82, 2.24) is 4.90 Å². The highest BCUT2D eigenvalue weighted by molar-refractivity contribution is 5.72. The lowest BCUT2D eigenvalue weighted by atomic mass is 9.91. The summed E-state index contributed by atoms with van der Waals surface area (Å²) in [5.74, 6) is 1.26. The van der Waals surface area contributed by atoms with Gasteiger partial charge < -0.3 is 14.4 Å². The lowest BCUT2D eigenvalue weighted by molar-refractivity contribution is -0.150. The Labute approximate surface area is 332 Å². The fourth-order valence-electron chi connectivity index (χ4n) is 7.63. The van der Waals surface area contributed by atoms with Gasteiger partial charge in [-0.15, -0.1) is 0 Å². The van der Waals surface area contributed by atoms with Crippen molar-refractivity contribution in [3.63, 3.8) is 0 Å². The van der Waals surface area contributed by atoms with Crippen LogP contribution >= 0.6 is 0 Å². The predicted molar refractivity (Wildman–Crippen MR) is 231 cm³/mol. The average molecular weight is 750 g/mol.